The lowest BCUT2D eigenvalue weighted by Gasteiger charge is -2.22. The van der Waals surface area contributed by atoms with E-state index in [9.17, 15) is 28.8 Å². The number of carbonyl (C=O) groups is 6. The number of esters is 6. The number of benzene rings is 15. The van der Waals surface area contributed by atoms with Gasteiger partial charge in [0.05, 0.1) is 76.0 Å². The molecule has 0 radical (unpaired) electrons. The van der Waals surface area contributed by atoms with Crippen molar-refractivity contribution < 1.29 is 85.6 Å². The highest BCUT2D eigenvalue weighted by atomic mass is 16.6. The summed E-state index contributed by atoms with van der Waals surface area (Å²) in [6.45, 7) is -1.38. The fourth-order valence-corrected chi connectivity index (χ4v) is 15.4. The molecule has 0 spiro atoms. The van der Waals surface area contributed by atoms with Crippen LogP contribution in [0.25, 0.3) is 98.0 Å². The SMILES string of the molecule is COc1c2cc3ccccc3c1-c1c(OC)c(cc3ccccc13)COC(=O)c1ccc(cc1)C(=O)OCc1cc3ccccc3c(c1OC)-c1c(OC)c(cc3ccccc13)COC(=O)c1ccc(cc1)C(=O)OCc1cc3ccccc3c(c1OC)-c1c(OC)c(cc3ccccc13)COC(=O)c1ccc(cc1)C(=O)OC2. The molecule has 4 aliphatic rings. The first kappa shape index (κ1) is 73.6. The summed E-state index contributed by atoms with van der Waals surface area (Å²) in [5, 5.41) is 9.58. The summed E-state index contributed by atoms with van der Waals surface area (Å²) in [6.07, 6.45) is 0. The Balaban J connectivity index is 0.763. The Bertz CT molecular complexity index is 5390. The van der Waals surface area contributed by atoms with Crippen molar-refractivity contribution in [1.82, 2.24) is 0 Å². The van der Waals surface area contributed by atoms with Gasteiger partial charge in [0.1, 0.15) is 74.1 Å². The second-order valence-corrected chi connectivity index (χ2v) is 27.2. The molecule has 18 bridgehead atoms. The minimum Gasteiger partial charge on any atom is -0.496 e. The number of ether oxygens (including phenoxy) is 12. The lowest BCUT2D eigenvalue weighted by atomic mass is 9.89. The molecule has 0 aliphatic carbocycles. The zero-order chi connectivity index (χ0) is 78.7. The van der Waals surface area contributed by atoms with E-state index in [0.29, 0.717) is 101 Å². The van der Waals surface area contributed by atoms with Crippen LogP contribution < -0.4 is 28.4 Å². The molecule has 0 unspecified atom stereocenters. The fraction of sp³-hybridized carbons (Fsp3) is 0.125. The molecule has 0 atom stereocenters. The van der Waals surface area contributed by atoms with E-state index in [1.54, 1.807) is 42.7 Å². The Kier molecular flexibility index (Phi) is 20.6. The zero-order valence-electron chi connectivity index (χ0n) is 62.8. The van der Waals surface area contributed by atoms with Gasteiger partial charge >= 0.3 is 35.8 Å². The van der Waals surface area contributed by atoms with Gasteiger partial charge in [-0.05, 0) is 174 Å². The lowest BCUT2D eigenvalue weighted by molar-refractivity contribution is 0.0456. The fourth-order valence-electron chi connectivity index (χ4n) is 15.4. The molecule has 4 aliphatic heterocycles. The summed E-state index contributed by atoms with van der Waals surface area (Å²) in [5.74, 6) is -1.65. The Morgan fingerprint density at radius 1 is 0.193 bits per heavy atom. The predicted molar refractivity (Wildman–Crippen MR) is 434 cm³/mol. The molecule has 0 saturated heterocycles. The highest BCUT2D eigenvalue weighted by Gasteiger charge is 2.31. The Morgan fingerprint density at radius 3 is 0.456 bits per heavy atom. The van der Waals surface area contributed by atoms with E-state index in [-0.39, 0.29) is 73.0 Å². The molecule has 0 N–H and O–H groups in total. The maximum atomic E-state index is 14.2. The van der Waals surface area contributed by atoms with Gasteiger partial charge in [-0.1, -0.05) is 146 Å². The van der Waals surface area contributed by atoms with E-state index >= 15 is 0 Å². The maximum absolute atomic E-state index is 14.2. The monoisotopic (exact) mass is 1510 g/mol. The summed E-state index contributed by atoms with van der Waals surface area (Å²) >= 11 is 0. The van der Waals surface area contributed by atoms with Crippen LogP contribution in [0.2, 0.25) is 0 Å². The molecule has 564 valence electrons. The van der Waals surface area contributed by atoms with Crippen molar-refractivity contribution in [2.24, 2.45) is 0 Å². The third-order valence-corrected chi connectivity index (χ3v) is 20.7. The van der Waals surface area contributed by atoms with Gasteiger partial charge in [-0.2, -0.15) is 0 Å². The minimum atomic E-state index is -0.674. The highest BCUT2D eigenvalue weighted by molar-refractivity contribution is 6.14. The highest BCUT2D eigenvalue weighted by Crippen LogP contribution is 2.53. The van der Waals surface area contributed by atoms with Crippen LogP contribution in [0.1, 0.15) is 95.5 Å². The van der Waals surface area contributed by atoms with Crippen molar-refractivity contribution in [3.05, 3.63) is 322 Å². The average molecular weight is 1510 g/mol. The topological polar surface area (TPSA) is 213 Å². The molecule has 114 heavy (non-hydrogen) atoms. The van der Waals surface area contributed by atoms with Crippen molar-refractivity contribution in [3.8, 4) is 67.9 Å². The van der Waals surface area contributed by atoms with Gasteiger partial charge < -0.3 is 56.8 Å². The molecule has 18 nitrogen and oxygen atoms in total. The van der Waals surface area contributed by atoms with Crippen molar-refractivity contribution in [2.45, 2.75) is 39.6 Å². The molecule has 0 aromatic heterocycles. The van der Waals surface area contributed by atoms with E-state index in [0.717, 1.165) is 64.6 Å². The summed E-state index contributed by atoms with van der Waals surface area (Å²) in [4.78, 5) is 84.9. The Hall–Kier alpha value is -14.5. The maximum Gasteiger partial charge on any atom is 0.338 e. The lowest BCUT2D eigenvalue weighted by Crippen LogP contribution is -2.10. The second-order valence-electron chi connectivity index (χ2n) is 27.2. The van der Waals surface area contributed by atoms with E-state index < -0.39 is 35.8 Å². The molecule has 18 heteroatoms. The first-order valence-electron chi connectivity index (χ1n) is 36.6. The molecular formula is C96H72O18. The Labute approximate surface area is 654 Å². The van der Waals surface area contributed by atoms with E-state index in [4.69, 9.17) is 56.8 Å². The smallest absolute Gasteiger partial charge is 0.338 e. The summed E-state index contributed by atoms with van der Waals surface area (Å²) in [5.41, 5.74) is 7.99. The largest absolute Gasteiger partial charge is 0.496 e. The molecule has 0 amide bonds. The zero-order valence-corrected chi connectivity index (χ0v) is 62.8. The van der Waals surface area contributed by atoms with Crippen molar-refractivity contribution >= 4 is 100 Å². The van der Waals surface area contributed by atoms with Crippen molar-refractivity contribution in [1.29, 1.82) is 0 Å². The third-order valence-electron chi connectivity index (χ3n) is 20.7. The van der Waals surface area contributed by atoms with Crippen LogP contribution in [0.4, 0.5) is 0 Å². The molecule has 15 aromatic carbocycles. The second kappa shape index (κ2) is 31.8. The predicted octanol–water partition coefficient (Wildman–Crippen LogP) is 20.1. The van der Waals surface area contributed by atoms with Crippen molar-refractivity contribution in [3.63, 3.8) is 0 Å². The van der Waals surface area contributed by atoms with Gasteiger partial charge in [0.25, 0.3) is 0 Å². The van der Waals surface area contributed by atoms with Gasteiger partial charge in [0.2, 0.25) is 0 Å². The van der Waals surface area contributed by atoms with Crippen LogP contribution in [0.5, 0.6) is 34.5 Å². The van der Waals surface area contributed by atoms with Gasteiger partial charge in [-0.3, -0.25) is 0 Å². The summed E-state index contributed by atoms with van der Waals surface area (Å²) in [7, 11) is 9.25. The number of hydrogen-bond acceptors (Lipinski definition) is 18. The van der Waals surface area contributed by atoms with E-state index in [1.165, 1.54) is 72.8 Å². The minimum absolute atomic E-state index is 0.165. The van der Waals surface area contributed by atoms with Crippen LogP contribution in [-0.2, 0) is 68.1 Å². The Morgan fingerprint density at radius 2 is 0.325 bits per heavy atom. The average Bonchev–Trinajstić information content (AvgIpc) is 0.748. The van der Waals surface area contributed by atoms with Crippen LogP contribution in [0, 0.1) is 0 Å². The first-order valence-corrected chi connectivity index (χ1v) is 36.6. The van der Waals surface area contributed by atoms with E-state index in [2.05, 4.69) is 0 Å². The van der Waals surface area contributed by atoms with Crippen LogP contribution in [-0.4, -0.2) is 78.5 Å². The number of hydrogen-bond donors (Lipinski definition) is 0. The van der Waals surface area contributed by atoms with Crippen LogP contribution in [0.15, 0.2) is 255 Å². The van der Waals surface area contributed by atoms with Gasteiger partial charge in [-0.15, -0.1) is 0 Å². The number of fused-ring (bicyclic) bond motifs is 9. The van der Waals surface area contributed by atoms with Gasteiger partial charge in [-0.25, -0.2) is 28.8 Å². The molecular weight excluding hydrogens is 1440 g/mol. The van der Waals surface area contributed by atoms with Gasteiger partial charge in [0, 0.05) is 66.8 Å². The van der Waals surface area contributed by atoms with Crippen LogP contribution >= 0.6 is 0 Å². The van der Waals surface area contributed by atoms with E-state index in [1.807, 2.05) is 182 Å². The quantitative estimate of drug-likeness (QED) is 0.112. The van der Waals surface area contributed by atoms with Crippen LogP contribution in [0.3, 0.4) is 0 Å². The normalized spacial score (nSPS) is 13.3. The number of carbonyl (C=O) groups excluding carboxylic acids is 6. The number of rotatable bonds is 6. The molecule has 19 rings (SSSR count). The number of methoxy groups -OCH3 is 6. The molecule has 15 aromatic rings. The summed E-state index contributed by atoms with van der Waals surface area (Å²) in [6, 6.07) is 75.8. The third kappa shape index (κ3) is 13.9. The standard InChI is InChI=1S/C96H72O18/c1-103-85-67-43-61-19-7-13-25-73(61)79(85)80-74-26-14-8-20-62(74)44-68(86(80)104-2)50-110-92(98)57-35-37-58(38-36-57)94(100)112-52-70-46-64-22-11-17-29-77(64)83(88(70)106-4)84-78-30-18-12-24-66(78)48-72(90(84)108-6)54-114-96(102)60-41-39-59(40-42-60)95(101)113-53-71-47-65-23-10-16-28-76(65)82(89(71)107-5)81-75-27-15-9-21-63(75)45-69(87(81)105-3)51-111-93(99)56-33-31-55(32-34-56)91(97)109-49-67/h7-48H,49-54H2,1-6H3. The van der Waals surface area contributed by atoms with Crippen molar-refractivity contribution in [2.75, 3.05) is 42.7 Å². The molecule has 0 saturated carbocycles. The molecule has 0 fully saturated rings. The summed E-state index contributed by atoms with van der Waals surface area (Å²) < 4.78 is 74.5. The molecule has 4 heterocycles. The first-order chi connectivity index (χ1) is 55.8. The van der Waals surface area contributed by atoms with Gasteiger partial charge in [0.15, 0.2) is 0 Å².